The highest BCUT2D eigenvalue weighted by molar-refractivity contribution is 5.77. The molecule has 1 amide bonds. The molecular weight excluding hydrogens is 266 g/mol. The second kappa shape index (κ2) is 5.62. The van der Waals surface area contributed by atoms with Crippen LogP contribution in [-0.4, -0.2) is 35.0 Å². The Kier molecular flexibility index (Phi) is 3.98. The number of likely N-dealkylation sites (tertiary alicyclic amines) is 1. The molecule has 1 saturated heterocycles. The van der Waals surface area contributed by atoms with Crippen LogP contribution in [0, 0.1) is 23.2 Å². The quantitative estimate of drug-likeness (QED) is 0.870. The molecule has 0 aromatic rings. The van der Waals surface area contributed by atoms with Gasteiger partial charge in [0.15, 0.2) is 0 Å². The molecule has 118 valence electrons. The van der Waals surface area contributed by atoms with Crippen molar-refractivity contribution in [1.82, 2.24) is 4.90 Å². The van der Waals surface area contributed by atoms with Crippen LogP contribution in [0.4, 0.5) is 0 Å². The van der Waals surface area contributed by atoms with Crippen LogP contribution in [0.15, 0.2) is 0 Å². The van der Waals surface area contributed by atoms with Crippen molar-refractivity contribution >= 4 is 11.9 Å². The third-order valence-electron chi connectivity index (χ3n) is 6.11. The molecule has 0 aromatic heterocycles. The minimum atomic E-state index is -0.647. The van der Waals surface area contributed by atoms with Gasteiger partial charge in [-0.05, 0) is 49.4 Å². The molecule has 2 saturated carbocycles. The summed E-state index contributed by atoms with van der Waals surface area (Å²) in [6.45, 7) is 3.83. The van der Waals surface area contributed by atoms with E-state index < -0.39 is 5.97 Å². The zero-order valence-electron chi connectivity index (χ0n) is 13.0. The molecule has 4 nitrogen and oxygen atoms in total. The van der Waals surface area contributed by atoms with E-state index in [0.717, 1.165) is 38.3 Å². The smallest absolute Gasteiger partial charge is 0.307 e. The summed E-state index contributed by atoms with van der Waals surface area (Å²) < 4.78 is 0. The van der Waals surface area contributed by atoms with Crippen molar-refractivity contribution in [2.75, 3.05) is 13.1 Å². The summed E-state index contributed by atoms with van der Waals surface area (Å²) in [5, 5.41) is 9.11. The minimum absolute atomic E-state index is 0.0297. The first-order valence-electron chi connectivity index (χ1n) is 8.51. The first-order valence-corrected chi connectivity index (χ1v) is 8.51. The molecule has 3 fully saturated rings. The van der Waals surface area contributed by atoms with E-state index in [1.54, 1.807) is 0 Å². The Balaban J connectivity index is 1.46. The largest absolute Gasteiger partial charge is 0.481 e. The van der Waals surface area contributed by atoms with E-state index in [0.29, 0.717) is 18.2 Å². The van der Waals surface area contributed by atoms with Gasteiger partial charge in [-0.3, -0.25) is 9.59 Å². The van der Waals surface area contributed by atoms with Crippen LogP contribution in [0.25, 0.3) is 0 Å². The number of carboxylic acid groups (broad SMARTS) is 1. The van der Waals surface area contributed by atoms with Crippen LogP contribution < -0.4 is 0 Å². The zero-order chi connectivity index (χ0) is 15.0. The Bertz CT molecular complexity index is 426. The van der Waals surface area contributed by atoms with Crippen molar-refractivity contribution in [3.63, 3.8) is 0 Å². The number of hydrogen-bond acceptors (Lipinski definition) is 2. The summed E-state index contributed by atoms with van der Waals surface area (Å²) in [5.74, 6) is 0.852. The molecule has 0 aromatic carbocycles. The van der Waals surface area contributed by atoms with E-state index in [4.69, 9.17) is 5.11 Å². The summed E-state index contributed by atoms with van der Waals surface area (Å²) in [5.41, 5.74) is 0.0297. The summed E-state index contributed by atoms with van der Waals surface area (Å²) in [4.78, 5) is 25.5. The van der Waals surface area contributed by atoms with E-state index in [1.807, 2.05) is 4.90 Å². The maximum Gasteiger partial charge on any atom is 0.307 e. The summed E-state index contributed by atoms with van der Waals surface area (Å²) in [7, 11) is 0. The Labute approximate surface area is 126 Å². The third-order valence-corrected chi connectivity index (χ3v) is 6.11. The van der Waals surface area contributed by atoms with E-state index in [2.05, 4.69) is 6.92 Å². The maximum atomic E-state index is 12.4. The average molecular weight is 293 g/mol. The van der Waals surface area contributed by atoms with Crippen LogP contribution in [-0.2, 0) is 9.59 Å². The highest BCUT2D eigenvalue weighted by Gasteiger charge is 2.59. The lowest BCUT2D eigenvalue weighted by Gasteiger charge is -2.34. The molecule has 1 N–H and O–H groups in total. The number of aliphatic carboxylic acids is 1. The standard InChI is InChI=1S/C17H27NO3/c1-12-3-2-4-13(9-12)10-15(19)18-7-5-17(6-8-18)11-14(17)16(20)21/h12-14H,2-11H2,1H3,(H,20,21). The fraction of sp³-hybridized carbons (Fsp3) is 0.882. The number of amides is 1. The van der Waals surface area contributed by atoms with Crippen molar-refractivity contribution < 1.29 is 14.7 Å². The van der Waals surface area contributed by atoms with Crippen LogP contribution in [0.2, 0.25) is 0 Å². The fourth-order valence-corrected chi connectivity index (χ4v) is 4.57. The van der Waals surface area contributed by atoms with E-state index in [-0.39, 0.29) is 11.3 Å². The predicted molar refractivity (Wildman–Crippen MR) is 79.7 cm³/mol. The highest BCUT2D eigenvalue weighted by atomic mass is 16.4. The number of hydrogen-bond donors (Lipinski definition) is 1. The molecule has 21 heavy (non-hydrogen) atoms. The van der Waals surface area contributed by atoms with Gasteiger partial charge < -0.3 is 10.0 Å². The van der Waals surface area contributed by atoms with Crippen LogP contribution >= 0.6 is 0 Å². The predicted octanol–water partition coefficient (Wildman–Crippen LogP) is 2.92. The van der Waals surface area contributed by atoms with Gasteiger partial charge in [-0.15, -0.1) is 0 Å². The third kappa shape index (κ3) is 3.09. The Morgan fingerprint density at radius 2 is 1.95 bits per heavy atom. The molecular formula is C17H27NO3. The number of rotatable bonds is 3. The molecule has 3 rings (SSSR count). The average Bonchev–Trinajstić information content (AvgIpc) is 3.14. The number of carbonyl (C=O) groups is 2. The number of carboxylic acids is 1. The lowest BCUT2D eigenvalue weighted by molar-refractivity contribution is -0.140. The van der Waals surface area contributed by atoms with Gasteiger partial charge in [-0.25, -0.2) is 0 Å². The van der Waals surface area contributed by atoms with Crippen molar-refractivity contribution in [2.24, 2.45) is 23.2 Å². The second-order valence-electron chi connectivity index (χ2n) is 7.68. The summed E-state index contributed by atoms with van der Waals surface area (Å²) in [6.07, 6.45) is 8.29. The van der Waals surface area contributed by atoms with Gasteiger partial charge in [0, 0.05) is 19.5 Å². The second-order valence-corrected chi connectivity index (χ2v) is 7.68. The van der Waals surface area contributed by atoms with E-state index in [9.17, 15) is 9.59 Å². The molecule has 2 aliphatic carbocycles. The Hall–Kier alpha value is -1.06. The molecule has 1 spiro atoms. The number of piperidine rings is 1. The van der Waals surface area contributed by atoms with E-state index >= 15 is 0 Å². The first-order chi connectivity index (χ1) is 10.00. The fourth-order valence-electron chi connectivity index (χ4n) is 4.57. The Morgan fingerprint density at radius 3 is 2.52 bits per heavy atom. The molecule has 1 heterocycles. The Morgan fingerprint density at radius 1 is 1.24 bits per heavy atom. The summed E-state index contributed by atoms with van der Waals surface area (Å²) in [6, 6.07) is 0. The maximum absolute atomic E-state index is 12.4. The highest BCUT2D eigenvalue weighted by Crippen LogP contribution is 2.59. The van der Waals surface area contributed by atoms with Gasteiger partial charge in [0.1, 0.15) is 0 Å². The zero-order valence-corrected chi connectivity index (χ0v) is 13.0. The minimum Gasteiger partial charge on any atom is -0.481 e. The van der Waals surface area contributed by atoms with Gasteiger partial charge in [0.2, 0.25) is 5.91 Å². The topological polar surface area (TPSA) is 57.6 Å². The molecule has 3 aliphatic rings. The molecule has 3 unspecified atom stereocenters. The van der Waals surface area contributed by atoms with Crippen molar-refractivity contribution in [3.05, 3.63) is 0 Å². The summed E-state index contributed by atoms with van der Waals surface area (Å²) >= 11 is 0. The molecule has 1 aliphatic heterocycles. The van der Waals surface area contributed by atoms with Crippen LogP contribution in [0.1, 0.15) is 58.3 Å². The molecule has 4 heteroatoms. The monoisotopic (exact) mass is 293 g/mol. The van der Waals surface area contributed by atoms with Crippen LogP contribution in [0.3, 0.4) is 0 Å². The van der Waals surface area contributed by atoms with Crippen molar-refractivity contribution in [1.29, 1.82) is 0 Å². The van der Waals surface area contributed by atoms with Gasteiger partial charge in [0.05, 0.1) is 5.92 Å². The number of nitrogens with zero attached hydrogens (tertiary/aromatic N) is 1. The van der Waals surface area contributed by atoms with Crippen molar-refractivity contribution in [2.45, 2.75) is 58.3 Å². The van der Waals surface area contributed by atoms with Crippen LogP contribution in [0.5, 0.6) is 0 Å². The molecule has 0 radical (unpaired) electrons. The molecule has 3 atom stereocenters. The van der Waals surface area contributed by atoms with E-state index in [1.165, 1.54) is 25.7 Å². The van der Waals surface area contributed by atoms with Crippen molar-refractivity contribution in [3.8, 4) is 0 Å². The number of carbonyl (C=O) groups excluding carboxylic acids is 1. The van der Waals surface area contributed by atoms with Gasteiger partial charge in [-0.2, -0.15) is 0 Å². The SMILES string of the molecule is CC1CCCC(CC(=O)N2CCC3(CC2)CC3C(=O)O)C1. The lowest BCUT2D eigenvalue weighted by Crippen LogP contribution is -2.40. The van der Waals surface area contributed by atoms with Gasteiger partial charge in [0.25, 0.3) is 0 Å². The first kappa shape index (κ1) is 14.9. The molecule has 0 bridgehead atoms. The van der Waals surface area contributed by atoms with Gasteiger partial charge in [-0.1, -0.05) is 19.8 Å². The normalized spacial score (nSPS) is 34.7. The lowest BCUT2D eigenvalue weighted by atomic mass is 9.80. The van der Waals surface area contributed by atoms with Gasteiger partial charge >= 0.3 is 5.97 Å².